The maximum Gasteiger partial charge on any atom is 0.190 e. The van der Waals surface area contributed by atoms with E-state index in [-0.39, 0.29) is 23.4 Å². The first-order valence-corrected chi connectivity index (χ1v) is 11.7. The van der Waals surface area contributed by atoms with Crippen LogP contribution in [0, 0.1) is 13.8 Å². The Morgan fingerprint density at radius 2 is 0.912 bits per heavy atom. The molecule has 0 heterocycles. The van der Waals surface area contributed by atoms with Crippen LogP contribution in [0.5, 0.6) is 0 Å². The Bertz CT molecular complexity index is 1410. The van der Waals surface area contributed by atoms with E-state index in [4.69, 9.17) is 0 Å². The Balaban J connectivity index is 1.69. The summed E-state index contributed by atoms with van der Waals surface area (Å²) in [6, 6.07) is 32.2. The highest BCUT2D eigenvalue weighted by molar-refractivity contribution is 6.24. The molecule has 0 radical (unpaired) electrons. The molecule has 2 aliphatic carbocycles. The smallest absolute Gasteiger partial charge is 0.190 e. The standard InChI is InChI=1S/C32H24O2/c1-19-9-7-11-21(17-19)27-23-13-3-5-15-25(23)31(33)29(27)30-28(22-12-8-10-20(2)18-22)24-14-4-6-16-26(24)32(30)34/h3-18,27-28H,1-2H3/b30-29+/t27-,28+. The number of carbonyl (C=O) groups excluding carboxylic acids is 2. The van der Waals surface area contributed by atoms with Gasteiger partial charge in [-0.3, -0.25) is 9.59 Å². The largest absolute Gasteiger partial charge is 0.289 e. The highest BCUT2D eigenvalue weighted by Crippen LogP contribution is 2.51. The Morgan fingerprint density at radius 3 is 1.32 bits per heavy atom. The van der Waals surface area contributed by atoms with Crippen molar-refractivity contribution < 1.29 is 9.59 Å². The summed E-state index contributed by atoms with van der Waals surface area (Å²) < 4.78 is 0. The zero-order chi connectivity index (χ0) is 23.4. The number of carbonyl (C=O) groups is 2. The molecule has 2 nitrogen and oxygen atoms in total. The van der Waals surface area contributed by atoms with Crippen LogP contribution in [-0.2, 0) is 0 Å². The molecule has 0 aromatic heterocycles. The topological polar surface area (TPSA) is 34.1 Å². The lowest BCUT2D eigenvalue weighted by Crippen LogP contribution is -2.14. The normalized spacial score (nSPS) is 21.0. The molecule has 0 N–H and O–H groups in total. The van der Waals surface area contributed by atoms with Gasteiger partial charge in [-0.1, -0.05) is 108 Å². The summed E-state index contributed by atoms with van der Waals surface area (Å²) in [7, 11) is 0. The Morgan fingerprint density at radius 1 is 0.500 bits per heavy atom. The van der Waals surface area contributed by atoms with Crippen LogP contribution in [0.2, 0.25) is 0 Å². The molecule has 4 aromatic carbocycles. The third-order valence-electron chi connectivity index (χ3n) is 7.14. The van der Waals surface area contributed by atoms with Crippen molar-refractivity contribution in [2.24, 2.45) is 0 Å². The zero-order valence-corrected chi connectivity index (χ0v) is 19.2. The number of benzene rings is 4. The predicted octanol–water partition coefficient (Wildman–Crippen LogP) is 6.96. The second-order valence-corrected chi connectivity index (χ2v) is 9.35. The summed E-state index contributed by atoms with van der Waals surface area (Å²) in [5.74, 6) is -0.583. The first-order chi connectivity index (χ1) is 16.5. The van der Waals surface area contributed by atoms with Gasteiger partial charge in [0.05, 0.1) is 0 Å². The molecule has 0 aliphatic heterocycles. The number of hydrogen-bond acceptors (Lipinski definition) is 2. The van der Waals surface area contributed by atoms with Gasteiger partial charge in [0.25, 0.3) is 0 Å². The van der Waals surface area contributed by atoms with E-state index in [9.17, 15) is 9.59 Å². The molecule has 2 heteroatoms. The molecule has 6 rings (SSSR count). The van der Waals surface area contributed by atoms with Crippen molar-refractivity contribution in [3.63, 3.8) is 0 Å². The summed E-state index contributed by atoms with van der Waals surface area (Å²) in [5.41, 5.74) is 8.97. The summed E-state index contributed by atoms with van der Waals surface area (Å²) in [6.07, 6.45) is 0. The maximum absolute atomic E-state index is 14.0. The van der Waals surface area contributed by atoms with Gasteiger partial charge in [-0.25, -0.2) is 0 Å². The molecule has 0 amide bonds. The Kier molecular flexibility index (Phi) is 4.70. The van der Waals surface area contributed by atoms with Crippen molar-refractivity contribution in [1.82, 2.24) is 0 Å². The predicted molar refractivity (Wildman–Crippen MR) is 135 cm³/mol. The van der Waals surface area contributed by atoms with Crippen LogP contribution in [0.1, 0.15) is 65.9 Å². The monoisotopic (exact) mass is 440 g/mol. The van der Waals surface area contributed by atoms with E-state index in [1.807, 2.05) is 60.7 Å². The number of rotatable bonds is 2. The van der Waals surface area contributed by atoms with Crippen molar-refractivity contribution in [2.75, 3.05) is 0 Å². The van der Waals surface area contributed by atoms with E-state index in [0.717, 1.165) is 33.4 Å². The molecule has 2 atom stereocenters. The molecule has 0 fully saturated rings. The van der Waals surface area contributed by atoms with Crippen molar-refractivity contribution in [2.45, 2.75) is 25.7 Å². The van der Waals surface area contributed by atoms with Crippen LogP contribution >= 0.6 is 0 Å². The van der Waals surface area contributed by atoms with Gasteiger partial charge in [0.1, 0.15) is 0 Å². The molecule has 34 heavy (non-hydrogen) atoms. The molecule has 0 saturated carbocycles. The summed E-state index contributed by atoms with van der Waals surface area (Å²) in [4.78, 5) is 28.0. The van der Waals surface area contributed by atoms with Crippen LogP contribution in [0.4, 0.5) is 0 Å². The summed E-state index contributed by atoms with van der Waals surface area (Å²) in [5, 5.41) is 0. The number of Topliss-reactive ketones (excluding diaryl/α,β-unsaturated/α-hetero) is 2. The first-order valence-electron chi connectivity index (χ1n) is 11.7. The Hall–Kier alpha value is -4.04. The van der Waals surface area contributed by atoms with Crippen molar-refractivity contribution in [1.29, 1.82) is 0 Å². The molecular weight excluding hydrogens is 416 g/mol. The first kappa shape index (κ1) is 20.6. The number of ketones is 2. The van der Waals surface area contributed by atoms with Crippen LogP contribution in [0.15, 0.2) is 108 Å². The highest BCUT2D eigenvalue weighted by Gasteiger charge is 2.45. The van der Waals surface area contributed by atoms with Gasteiger partial charge < -0.3 is 0 Å². The van der Waals surface area contributed by atoms with E-state index in [2.05, 4.69) is 50.2 Å². The van der Waals surface area contributed by atoms with Gasteiger partial charge in [-0.05, 0) is 36.1 Å². The number of allylic oxidation sites excluding steroid dienone is 2. The van der Waals surface area contributed by atoms with E-state index >= 15 is 0 Å². The molecule has 0 saturated heterocycles. The minimum absolute atomic E-state index is 0.0316. The SMILES string of the molecule is Cc1cccc([C@H]2/C(=C3\C(=O)c4ccccc4[C@@H]3c3cccc(C)c3)C(=O)c3ccccc32)c1. The van der Waals surface area contributed by atoms with Gasteiger partial charge in [0, 0.05) is 34.1 Å². The average molecular weight is 441 g/mol. The summed E-state index contributed by atoms with van der Waals surface area (Å²) in [6.45, 7) is 4.12. The van der Waals surface area contributed by atoms with Gasteiger partial charge in [-0.2, -0.15) is 0 Å². The van der Waals surface area contributed by atoms with Gasteiger partial charge in [0.2, 0.25) is 0 Å². The van der Waals surface area contributed by atoms with E-state index in [0.29, 0.717) is 22.3 Å². The van der Waals surface area contributed by atoms with E-state index < -0.39 is 0 Å². The lowest BCUT2D eigenvalue weighted by atomic mass is 9.80. The zero-order valence-electron chi connectivity index (χ0n) is 19.2. The van der Waals surface area contributed by atoms with Crippen LogP contribution < -0.4 is 0 Å². The second kappa shape index (κ2) is 7.78. The number of hydrogen-bond donors (Lipinski definition) is 0. The number of aryl methyl sites for hydroxylation is 2. The molecule has 164 valence electrons. The van der Waals surface area contributed by atoms with Crippen molar-refractivity contribution >= 4 is 11.6 Å². The van der Waals surface area contributed by atoms with Gasteiger partial charge in [0.15, 0.2) is 11.6 Å². The van der Waals surface area contributed by atoms with E-state index in [1.54, 1.807) is 0 Å². The third-order valence-corrected chi connectivity index (χ3v) is 7.14. The lowest BCUT2D eigenvalue weighted by molar-refractivity contribution is 0.100. The average Bonchev–Trinajstić information content (AvgIpc) is 3.30. The molecule has 2 aliphatic rings. The lowest BCUT2D eigenvalue weighted by Gasteiger charge is -2.21. The fourth-order valence-corrected chi connectivity index (χ4v) is 5.72. The van der Waals surface area contributed by atoms with Crippen LogP contribution in [-0.4, -0.2) is 11.6 Å². The quantitative estimate of drug-likeness (QED) is 0.316. The fraction of sp³-hybridized carbons (Fsp3) is 0.125. The van der Waals surface area contributed by atoms with Crippen LogP contribution in [0.3, 0.4) is 0 Å². The summed E-state index contributed by atoms with van der Waals surface area (Å²) >= 11 is 0. The van der Waals surface area contributed by atoms with Crippen LogP contribution in [0.25, 0.3) is 0 Å². The molecular formula is C32H24O2. The minimum atomic E-state index is -0.260. The number of fused-ring (bicyclic) bond motifs is 2. The fourth-order valence-electron chi connectivity index (χ4n) is 5.72. The second-order valence-electron chi connectivity index (χ2n) is 9.35. The van der Waals surface area contributed by atoms with Crippen molar-refractivity contribution in [3.8, 4) is 0 Å². The third kappa shape index (κ3) is 3.03. The van der Waals surface area contributed by atoms with Gasteiger partial charge >= 0.3 is 0 Å². The molecule has 4 aromatic rings. The molecule has 0 bridgehead atoms. The molecule has 0 unspecified atom stereocenters. The minimum Gasteiger partial charge on any atom is -0.289 e. The highest BCUT2D eigenvalue weighted by atomic mass is 16.1. The molecule has 0 spiro atoms. The van der Waals surface area contributed by atoms with Crippen molar-refractivity contribution in [3.05, 3.63) is 153 Å². The van der Waals surface area contributed by atoms with Gasteiger partial charge in [-0.15, -0.1) is 0 Å². The van der Waals surface area contributed by atoms with E-state index in [1.165, 1.54) is 0 Å². The Labute approximate surface area is 199 Å². The maximum atomic E-state index is 14.0.